The summed E-state index contributed by atoms with van der Waals surface area (Å²) in [6, 6.07) is 18.3. The minimum atomic E-state index is -0.749. The average Bonchev–Trinajstić information content (AvgIpc) is 3.32. The number of nitrogens with zero attached hydrogens (tertiary/aromatic N) is 3. The molecular weight excluding hydrogens is 484 g/mol. The third-order valence-corrected chi connectivity index (χ3v) is 6.95. The van der Waals surface area contributed by atoms with Crippen molar-refractivity contribution in [3.63, 3.8) is 0 Å². The summed E-state index contributed by atoms with van der Waals surface area (Å²) >= 11 is 1.09. The molecule has 2 heterocycles. The van der Waals surface area contributed by atoms with Crippen molar-refractivity contribution in [1.82, 2.24) is 9.88 Å². The first-order valence-electron chi connectivity index (χ1n) is 11.8. The second-order valence-electron chi connectivity index (χ2n) is 8.41. The molecule has 0 radical (unpaired) electrons. The molecule has 1 aromatic heterocycles. The maximum Gasteiger partial charge on any atom is 0.263 e. The largest absolute Gasteiger partial charge is 0.457 e. The highest BCUT2D eigenvalue weighted by atomic mass is 32.1. The minimum absolute atomic E-state index is 0.0520. The van der Waals surface area contributed by atoms with Gasteiger partial charge in [0.05, 0.1) is 23.5 Å². The quantitative estimate of drug-likeness (QED) is 0.303. The molecule has 1 amide bonds. The number of rotatable bonds is 8. The van der Waals surface area contributed by atoms with E-state index >= 15 is 0 Å². The number of ether oxygens (including phenoxy) is 2. The summed E-state index contributed by atoms with van der Waals surface area (Å²) < 4.78 is 40.0. The number of amides is 1. The van der Waals surface area contributed by atoms with Crippen LogP contribution in [0.5, 0.6) is 11.5 Å². The summed E-state index contributed by atoms with van der Waals surface area (Å²) in [5.41, 5.74) is 0.412. The van der Waals surface area contributed by atoms with Crippen molar-refractivity contribution in [3.8, 4) is 11.5 Å². The van der Waals surface area contributed by atoms with Gasteiger partial charge in [0.1, 0.15) is 22.8 Å². The van der Waals surface area contributed by atoms with Crippen molar-refractivity contribution >= 4 is 32.6 Å². The lowest BCUT2D eigenvalue weighted by atomic mass is 10.1. The molecule has 186 valence electrons. The molecule has 5 rings (SSSR count). The van der Waals surface area contributed by atoms with E-state index in [0.717, 1.165) is 37.0 Å². The second kappa shape index (κ2) is 11.1. The minimum Gasteiger partial charge on any atom is -0.457 e. The highest BCUT2D eigenvalue weighted by Gasteiger charge is 2.25. The van der Waals surface area contributed by atoms with E-state index in [1.165, 1.54) is 11.0 Å². The second-order valence-corrected chi connectivity index (χ2v) is 9.42. The number of thiazole rings is 1. The van der Waals surface area contributed by atoms with Gasteiger partial charge in [0.25, 0.3) is 5.91 Å². The Bertz CT molecular complexity index is 1340. The first kappa shape index (κ1) is 24.3. The number of hydrogen-bond acceptors (Lipinski definition) is 6. The van der Waals surface area contributed by atoms with Crippen LogP contribution in [0, 0.1) is 11.6 Å². The number of halogens is 2. The van der Waals surface area contributed by atoms with Crippen molar-refractivity contribution in [3.05, 3.63) is 83.9 Å². The molecule has 36 heavy (non-hydrogen) atoms. The molecular formula is C27H25F2N3O3S. The van der Waals surface area contributed by atoms with E-state index < -0.39 is 11.6 Å². The first-order chi connectivity index (χ1) is 17.6. The number of fused-ring (bicyclic) bond motifs is 1. The van der Waals surface area contributed by atoms with Crippen LogP contribution in [-0.2, 0) is 4.74 Å². The van der Waals surface area contributed by atoms with E-state index in [4.69, 9.17) is 9.47 Å². The van der Waals surface area contributed by atoms with Crippen LogP contribution in [0.3, 0.4) is 0 Å². The highest BCUT2D eigenvalue weighted by Crippen LogP contribution is 2.34. The van der Waals surface area contributed by atoms with E-state index in [1.807, 2.05) is 30.3 Å². The Hall–Kier alpha value is -3.40. The average molecular weight is 510 g/mol. The molecule has 0 unspecified atom stereocenters. The van der Waals surface area contributed by atoms with Gasteiger partial charge in [-0.25, -0.2) is 13.8 Å². The fourth-order valence-corrected chi connectivity index (χ4v) is 5.14. The lowest BCUT2D eigenvalue weighted by molar-refractivity contribution is 0.0376. The summed E-state index contributed by atoms with van der Waals surface area (Å²) in [7, 11) is 0. The molecule has 0 N–H and O–H groups in total. The molecule has 0 spiro atoms. The van der Waals surface area contributed by atoms with Crippen LogP contribution in [0.4, 0.5) is 13.9 Å². The Balaban J connectivity index is 1.45. The number of benzene rings is 3. The molecule has 0 bridgehead atoms. The highest BCUT2D eigenvalue weighted by molar-refractivity contribution is 7.22. The predicted molar refractivity (Wildman–Crippen MR) is 136 cm³/mol. The summed E-state index contributed by atoms with van der Waals surface area (Å²) in [5.74, 6) is -0.731. The number of para-hydroxylation sites is 2. The van der Waals surface area contributed by atoms with Gasteiger partial charge in [-0.15, -0.1) is 0 Å². The fraction of sp³-hybridized carbons (Fsp3) is 0.259. The molecule has 6 nitrogen and oxygen atoms in total. The van der Waals surface area contributed by atoms with Crippen LogP contribution in [0.15, 0.2) is 66.7 Å². The Kier molecular flexibility index (Phi) is 7.50. The summed E-state index contributed by atoms with van der Waals surface area (Å²) in [6.07, 6.45) is 0.681. The molecule has 0 aliphatic carbocycles. The lowest BCUT2D eigenvalue weighted by Crippen LogP contribution is -2.39. The molecule has 9 heteroatoms. The van der Waals surface area contributed by atoms with Gasteiger partial charge >= 0.3 is 0 Å². The Morgan fingerprint density at radius 3 is 2.61 bits per heavy atom. The van der Waals surface area contributed by atoms with Gasteiger partial charge in [-0.2, -0.15) is 0 Å². The van der Waals surface area contributed by atoms with Crippen LogP contribution >= 0.6 is 11.3 Å². The third-order valence-electron chi connectivity index (χ3n) is 5.93. The number of anilines is 1. The molecule has 0 saturated carbocycles. The first-order valence-corrected chi connectivity index (χ1v) is 12.6. The van der Waals surface area contributed by atoms with Crippen molar-refractivity contribution in [2.75, 3.05) is 44.3 Å². The number of carbonyl (C=O) groups excluding carboxylic acids is 1. The third kappa shape index (κ3) is 5.53. The zero-order chi connectivity index (χ0) is 24.9. The number of carbonyl (C=O) groups is 1. The molecule has 3 aromatic carbocycles. The molecule has 1 aliphatic heterocycles. The topological polar surface area (TPSA) is 54.9 Å². The number of morpholine rings is 1. The van der Waals surface area contributed by atoms with Crippen molar-refractivity contribution in [2.24, 2.45) is 0 Å². The van der Waals surface area contributed by atoms with E-state index in [-0.39, 0.29) is 11.4 Å². The van der Waals surface area contributed by atoms with Crippen molar-refractivity contribution < 1.29 is 23.0 Å². The molecule has 1 fully saturated rings. The normalized spacial score (nSPS) is 14.2. The lowest BCUT2D eigenvalue weighted by Gasteiger charge is -2.28. The van der Waals surface area contributed by atoms with Crippen LogP contribution in [0.25, 0.3) is 10.2 Å². The Labute approximate surface area is 211 Å². The van der Waals surface area contributed by atoms with Gasteiger partial charge in [0, 0.05) is 32.2 Å². The number of aromatic nitrogens is 1. The summed E-state index contributed by atoms with van der Waals surface area (Å²) in [6.45, 7) is 4.20. The van der Waals surface area contributed by atoms with E-state index in [1.54, 1.807) is 24.3 Å². The Morgan fingerprint density at radius 1 is 1.06 bits per heavy atom. The van der Waals surface area contributed by atoms with Crippen LogP contribution in [0.1, 0.15) is 16.8 Å². The summed E-state index contributed by atoms with van der Waals surface area (Å²) in [4.78, 5) is 22.1. The van der Waals surface area contributed by atoms with Gasteiger partial charge in [0.2, 0.25) is 0 Å². The van der Waals surface area contributed by atoms with Crippen LogP contribution in [-0.4, -0.2) is 55.2 Å². The zero-order valence-electron chi connectivity index (χ0n) is 19.5. The maximum atomic E-state index is 14.4. The van der Waals surface area contributed by atoms with E-state index in [0.29, 0.717) is 53.1 Å². The summed E-state index contributed by atoms with van der Waals surface area (Å²) in [5, 5.41) is 0.316. The molecule has 1 saturated heterocycles. The van der Waals surface area contributed by atoms with Crippen molar-refractivity contribution in [2.45, 2.75) is 6.42 Å². The van der Waals surface area contributed by atoms with Gasteiger partial charge in [-0.05, 0) is 36.8 Å². The standard InChI is InChI=1S/C27H25F2N3O3S/c28-19-17-22(29)25-24(18-19)36-27(30-25)32(12-6-11-31-13-15-34-16-14-31)26(33)21-9-4-5-10-23(21)35-20-7-2-1-3-8-20/h1-5,7-10,17-18H,6,11-16H2. The monoisotopic (exact) mass is 509 g/mol. The fourth-order valence-electron chi connectivity index (χ4n) is 4.12. The SMILES string of the molecule is O=C(c1ccccc1Oc1ccccc1)N(CCCN1CCOCC1)c1nc2c(F)cc(F)cc2s1. The van der Waals surface area contributed by atoms with Crippen molar-refractivity contribution in [1.29, 1.82) is 0 Å². The molecule has 4 aromatic rings. The number of hydrogen-bond donors (Lipinski definition) is 0. The smallest absolute Gasteiger partial charge is 0.263 e. The van der Waals surface area contributed by atoms with Crippen LogP contribution in [0.2, 0.25) is 0 Å². The molecule has 0 atom stereocenters. The van der Waals surface area contributed by atoms with Gasteiger partial charge in [-0.3, -0.25) is 14.6 Å². The Morgan fingerprint density at radius 2 is 1.81 bits per heavy atom. The van der Waals surface area contributed by atoms with E-state index in [2.05, 4.69) is 9.88 Å². The van der Waals surface area contributed by atoms with Crippen LogP contribution < -0.4 is 9.64 Å². The maximum absolute atomic E-state index is 14.4. The zero-order valence-corrected chi connectivity index (χ0v) is 20.3. The van der Waals surface area contributed by atoms with Gasteiger partial charge in [0.15, 0.2) is 10.9 Å². The predicted octanol–water partition coefficient (Wildman–Crippen LogP) is 5.74. The van der Waals surface area contributed by atoms with Gasteiger partial charge < -0.3 is 9.47 Å². The van der Waals surface area contributed by atoms with Gasteiger partial charge in [-0.1, -0.05) is 41.7 Å². The molecule has 1 aliphatic rings. The van der Waals surface area contributed by atoms with E-state index in [9.17, 15) is 13.6 Å².